The van der Waals surface area contributed by atoms with Crippen LogP contribution in [0.25, 0.3) is 0 Å². The number of esters is 1. The number of unbranched alkanes of at least 4 members (excludes halogenated alkanes) is 1. The number of alkyl halides is 3. The molecule has 0 aliphatic heterocycles. The average Bonchev–Trinajstić information content (AvgIpc) is 2.22. The van der Waals surface area contributed by atoms with Crippen LogP contribution in [0.4, 0.5) is 13.2 Å². The van der Waals surface area contributed by atoms with E-state index in [1.54, 1.807) is 0 Å². The zero-order valence-electron chi connectivity index (χ0n) is 9.88. The van der Waals surface area contributed by atoms with Gasteiger partial charge in [0.2, 0.25) is 0 Å². The van der Waals surface area contributed by atoms with Gasteiger partial charge in [0.05, 0.1) is 6.61 Å². The standard InChI is InChI=1S/C11H17F3O3/c1-3-5-6-7-8-10(16,11(12,13)14)9(15)17-4-2/h6-7,16H,3-5,8H2,1-2H3/b7-6+. The van der Waals surface area contributed by atoms with Gasteiger partial charge in [-0.3, -0.25) is 0 Å². The first-order chi connectivity index (χ1) is 7.79. The van der Waals surface area contributed by atoms with E-state index in [9.17, 15) is 23.1 Å². The number of hydrogen-bond donors (Lipinski definition) is 1. The van der Waals surface area contributed by atoms with Crippen LogP contribution in [0, 0.1) is 0 Å². The second-order valence-electron chi connectivity index (χ2n) is 3.54. The third kappa shape index (κ3) is 4.38. The Hall–Kier alpha value is -1.04. The predicted molar refractivity (Wildman–Crippen MR) is 56.3 cm³/mol. The van der Waals surface area contributed by atoms with Crippen molar-refractivity contribution in [1.82, 2.24) is 0 Å². The van der Waals surface area contributed by atoms with Crippen LogP contribution < -0.4 is 0 Å². The number of allylic oxidation sites excluding steroid dienone is 1. The molecular weight excluding hydrogens is 237 g/mol. The second kappa shape index (κ2) is 6.64. The van der Waals surface area contributed by atoms with Crippen LogP contribution in [-0.2, 0) is 9.53 Å². The molecule has 0 aromatic heterocycles. The van der Waals surface area contributed by atoms with Gasteiger partial charge in [-0.25, -0.2) is 4.79 Å². The lowest BCUT2D eigenvalue weighted by Crippen LogP contribution is -2.52. The Morgan fingerprint density at radius 1 is 1.29 bits per heavy atom. The van der Waals surface area contributed by atoms with Crippen molar-refractivity contribution in [3.8, 4) is 0 Å². The molecule has 0 amide bonds. The van der Waals surface area contributed by atoms with Gasteiger partial charge in [0, 0.05) is 6.42 Å². The second-order valence-corrected chi connectivity index (χ2v) is 3.54. The molecule has 0 spiro atoms. The lowest BCUT2D eigenvalue weighted by Gasteiger charge is -2.26. The van der Waals surface area contributed by atoms with E-state index in [1.807, 2.05) is 6.92 Å². The molecule has 0 rings (SSSR count). The minimum Gasteiger partial charge on any atom is -0.464 e. The van der Waals surface area contributed by atoms with Crippen LogP contribution in [0.1, 0.15) is 33.1 Å². The van der Waals surface area contributed by atoms with Gasteiger partial charge in [-0.15, -0.1) is 0 Å². The Morgan fingerprint density at radius 2 is 1.88 bits per heavy atom. The minimum absolute atomic E-state index is 0.212. The number of halogens is 3. The first-order valence-corrected chi connectivity index (χ1v) is 5.41. The normalized spacial score (nSPS) is 15.9. The maximum absolute atomic E-state index is 12.6. The van der Waals surface area contributed by atoms with Crippen LogP contribution >= 0.6 is 0 Å². The van der Waals surface area contributed by atoms with Gasteiger partial charge < -0.3 is 9.84 Å². The summed E-state index contributed by atoms with van der Waals surface area (Å²) in [6.07, 6.45) is -1.86. The Labute approximate surface area is 98.3 Å². The van der Waals surface area contributed by atoms with Crippen molar-refractivity contribution in [2.24, 2.45) is 0 Å². The third-order valence-electron chi connectivity index (χ3n) is 2.12. The molecule has 0 heterocycles. The number of carbonyl (C=O) groups is 1. The molecule has 0 saturated heterocycles. The maximum Gasteiger partial charge on any atom is 0.428 e. The van der Waals surface area contributed by atoms with E-state index in [2.05, 4.69) is 4.74 Å². The number of hydrogen-bond acceptors (Lipinski definition) is 3. The van der Waals surface area contributed by atoms with Crippen molar-refractivity contribution >= 4 is 5.97 Å². The summed E-state index contributed by atoms with van der Waals surface area (Å²) in [6, 6.07) is 0. The van der Waals surface area contributed by atoms with Crippen LogP contribution in [0.5, 0.6) is 0 Å². The van der Waals surface area contributed by atoms with Gasteiger partial charge in [0.25, 0.3) is 5.60 Å². The highest BCUT2D eigenvalue weighted by Crippen LogP contribution is 2.34. The van der Waals surface area contributed by atoms with E-state index in [-0.39, 0.29) is 6.61 Å². The monoisotopic (exact) mass is 254 g/mol. The average molecular weight is 254 g/mol. The molecule has 6 heteroatoms. The van der Waals surface area contributed by atoms with E-state index in [0.29, 0.717) is 6.42 Å². The van der Waals surface area contributed by atoms with Crippen molar-refractivity contribution in [3.05, 3.63) is 12.2 Å². The molecule has 0 aliphatic rings. The number of carbonyl (C=O) groups excluding carboxylic acids is 1. The Balaban J connectivity index is 4.80. The molecule has 0 saturated carbocycles. The Bertz CT molecular complexity index is 274. The van der Waals surface area contributed by atoms with E-state index in [4.69, 9.17) is 0 Å². The molecule has 0 bridgehead atoms. The van der Waals surface area contributed by atoms with E-state index >= 15 is 0 Å². The SMILES string of the molecule is CCC/C=C/CC(O)(C(=O)OCC)C(F)(F)F. The van der Waals surface area contributed by atoms with Crippen molar-refractivity contribution < 1.29 is 27.8 Å². The van der Waals surface area contributed by atoms with Gasteiger partial charge in [0.1, 0.15) is 0 Å². The van der Waals surface area contributed by atoms with Gasteiger partial charge in [-0.05, 0) is 13.3 Å². The van der Waals surface area contributed by atoms with E-state index in [1.165, 1.54) is 13.0 Å². The van der Waals surface area contributed by atoms with Gasteiger partial charge in [-0.1, -0.05) is 25.5 Å². The van der Waals surface area contributed by atoms with Crippen molar-refractivity contribution in [1.29, 1.82) is 0 Å². The quantitative estimate of drug-likeness (QED) is 0.585. The first kappa shape index (κ1) is 16.0. The highest BCUT2D eigenvalue weighted by molar-refractivity contribution is 5.80. The van der Waals surface area contributed by atoms with Crippen molar-refractivity contribution in [2.75, 3.05) is 6.61 Å². The summed E-state index contributed by atoms with van der Waals surface area (Å²) in [6.45, 7) is 3.03. The third-order valence-corrected chi connectivity index (χ3v) is 2.12. The molecule has 0 radical (unpaired) electrons. The zero-order valence-corrected chi connectivity index (χ0v) is 9.88. The van der Waals surface area contributed by atoms with Crippen LogP contribution in [0.3, 0.4) is 0 Å². The van der Waals surface area contributed by atoms with Crippen LogP contribution in [-0.4, -0.2) is 29.5 Å². The van der Waals surface area contributed by atoms with Crippen molar-refractivity contribution in [3.63, 3.8) is 0 Å². The Morgan fingerprint density at radius 3 is 2.29 bits per heavy atom. The molecule has 1 unspecified atom stereocenters. The summed E-state index contributed by atoms with van der Waals surface area (Å²) in [4.78, 5) is 11.1. The summed E-state index contributed by atoms with van der Waals surface area (Å²) >= 11 is 0. The summed E-state index contributed by atoms with van der Waals surface area (Å²) in [5.74, 6) is -1.66. The smallest absolute Gasteiger partial charge is 0.428 e. The highest BCUT2D eigenvalue weighted by atomic mass is 19.4. The van der Waals surface area contributed by atoms with Crippen LogP contribution in [0.15, 0.2) is 12.2 Å². The molecule has 0 aromatic carbocycles. The number of rotatable bonds is 6. The van der Waals surface area contributed by atoms with Gasteiger partial charge >= 0.3 is 12.1 Å². The van der Waals surface area contributed by atoms with E-state index < -0.39 is 24.2 Å². The molecule has 0 aromatic rings. The number of ether oxygens (including phenoxy) is 1. The topological polar surface area (TPSA) is 46.5 Å². The van der Waals surface area contributed by atoms with Crippen molar-refractivity contribution in [2.45, 2.75) is 44.9 Å². The predicted octanol–water partition coefficient (Wildman–Crippen LogP) is 2.59. The summed E-state index contributed by atoms with van der Waals surface area (Å²) in [5, 5.41) is 9.40. The molecule has 0 fully saturated rings. The molecule has 3 nitrogen and oxygen atoms in total. The van der Waals surface area contributed by atoms with Gasteiger partial charge in [-0.2, -0.15) is 13.2 Å². The molecule has 1 atom stereocenters. The fraction of sp³-hybridized carbons (Fsp3) is 0.727. The molecule has 17 heavy (non-hydrogen) atoms. The summed E-state index contributed by atoms with van der Waals surface area (Å²) < 4.78 is 42.1. The first-order valence-electron chi connectivity index (χ1n) is 5.41. The molecule has 0 aliphatic carbocycles. The zero-order chi connectivity index (χ0) is 13.5. The van der Waals surface area contributed by atoms with Gasteiger partial charge in [0.15, 0.2) is 0 Å². The lowest BCUT2D eigenvalue weighted by atomic mass is 9.98. The number of aliphatic hydroxyl groups is 1. The largest absolute Gasteiger partial charge is 0.464 e. The lowest BCUT2D eigenvalue weighted by molar-refractivity contribution is -0.261. The van der Waals surface area contributed by atoms with E-state index in [0.717, 1.165) is 12.5 Å². The fourth-order valence-electron chi connectivity index (χ4n) is 1.10. The fourth-order valence-corrected chi connectivity index (χ4v) is 1.10. The van der Waals surface area contributed by atoms with Crippen LogP contribution in [0.2, 0.25) is 0 Å². The Kier molecular flexibility index (Phi) is 6.23. The summed E-state index contributed by atoms with van der Waals surface area (Å²) in [7, 11) is 0. The maximum atomic E-state index is 12.6. The highest BCUT2D eigenvalue weighted by Gasteiger charge is 2.59. The minimum atomic E-state index is -5.05. The molecule has 100 valence electrons. The summed E-state index contributed by atoms with van der Waals surface area (Å²) in [5.41, 5.74) is -3.45. The molecular formula is C11H17F3O3. The molecule has 1 N–H and O–H groups in total.